The maximum absolute atomic E-state index is 12.3. The second-order valence-electron chi connectivity index (χ2n) is 4.12. The van der Waals surface area contributed by atoms with Crippen LogP contribution in [0.5, 0.6) is 0 Å². The van der Waals surface area contributed by atoms with Crippen molar-refractivity contribution in [2.45, 2.75) is 23.8 Å². The van der Waals surface area contributed by atoms with Crippen LogP contribution in [-0.4, -0.2) is 30.7 Å². The molecule has 1 fully saturated rings. The van der Waals surface area contributed by atoms with Crippen LogP contribution in [0.25, 0.3) is 0 Å². The molecule has 0 bridgehead atoms. The van der Waals surface area contributed by atoms with E-state index in [1.807, 2.05) is 0 Å². The Bertz CT molecular complexity index is 598. The number of halogens is 1. The zero-order valence-electron chi connectivity index (χ0n) is 9.54. The van der Waals surface area contributed by atoms with E-state index in [1.54, 1.807) is 0 Å². The van der Waals surface area contributed by atoms with Gasteiger partial charge in [0.25, 0.3) is 5.69 Å². The van der Waals surface area contributed by atoms with Gasteiger partial charge >= 0.3 is 0 Å². The number of nitro groups is 1. The molecule has 2 rings (SSSR count). The van der Waals surface area contributed by atoms with Crippen LogP contribution in [0.15, 0.2) is 27.6 Å². The third kappa shape index (κ3) is 2.40. The smallest absolute Gasteiger partial charge is 0.258 e. The molecular formula is C10H11BrN2O4S. The van der Waals surface area contributed by atoms with Crippen molar-refractivity contribution in [3.8, 4) is 0 Å². The van der Waals surface area contributed by atoms with Gasteiger partial charge in [-0.3, -0.25) is 10.1 Å². The second kappa shape index (κ2) is 4.60. The lowest BCUT2D eigenvalue weighted by Crippen LogP contribution is -2.29. The number of nitrogens with zero attached hydrogens (tertiary/aromatic N) is 2. The summed E-state index contributed by atoms with van der Waals surface area (Å²) in [5.41, 5.74) is -0.397. The molecule has 0 amide bonds. The standard InChI is InChI=1S/C10H11BrN2O4S/c1-12(8-3-4-8)18(16,17)10-6-7(11)2-5-9(10)13(14)15/h2,5-6,8H,3-4H2,1H3. The lowest BCUT2D eigenvalue weighted by Gasteiger charge is -2.16. The fourth-order valence-electron chi connectivity index (χ4n) is 1.63. The lowest BCUT2D eigenvalue weighted by atomic mass is 10.3. The first kappa shape index (κ1) is 13.4. The minimum atomic E-state index is -3.81. The molecule has 0 aromatic heterocycles. The Balaban J connectivity index is 2.55. The molecular weight excluding hydrogens is 324 g/mol. The minimum Gasteiger partial charge on any atom is -0.258 e. The van der Waals surface area contributed by atoms with Crippen LogP contribution in [0, 0.1) is 10.1 Å². The van der Waals surface area contributed by atoms with E-state index in [9.17, 15) is 18.5 Å². The summed E-state index contributed by atoms with van der Waals surface area (Å²) in [7, 11) is -2.36. The molecule has 1 aromatic carbocycles. The molecule has 1 aliphatic rings. The van der Waals surface area contributed by atoms with Gasteiger partial charge < -0.3 is 0 Å². The monoisotopic (exact) mass is 334 g/mol. The highest BCUT2D eigenvalue weighted by atomic mass is 79.9. The number of sulfonamides is 1. The SMILES string of the molecule is CN(C1CC1)S(=O)(=O)c1cc(Br)ccc1[N+](=O)[O-]. The molecule has 0 spiro atoms. The van der Waals surface area contributed by atoms with Crippen LogP contribution in [-0.2, 0) is 10.0 Å². The van der Waals surface area contributed by atoms with Crippen LogP contribution in [0.3, 0.4) is 0 Å². The summed E-state index contributed by atoms with van der Waals surface area (Å²) >= 11 is 3.13. The average molecular weight is 335 g/mol. The molecule has 1 saturated carbocycles. The van der Waals surface area contributed by atoms with Gasteiger partial charge in [0.15, 0.2) is 4.90 Å². The van der Waals surface area contributed by atoms with Gasteiger partial charge in [0, 0.05) is 23.6 Å². The summed E-state index contributed by atoms with van der Waals surface area (Å²) in [6.45, 7) is 0. The van der Waals surface area contributed by atoms with Crippen LogP contribution in [0.4, 0.5) is 5.69 Å². The highest BCUT2D eigenvalue weighted by Gasteiger charge is 2.38. The fourth-order valence-corrected chi connectivity index (χ4v) is 3.74. The van der Waals surface area contributed by atoms with Crippen molar-refractivity contribution in [3.05, 3.63) is 32.8 Å². The molecule has 0 N–H and O–H groups in total. The first-order chi connectivity index (χ1) is 8.34. The number of hydrogen-bond acceptors (Lipinski definition) is 4. The Morgan fingerprint density at radius 3 is 2.56 bits per heavy atom. The molecule has 1 aromatic rings. The Kier molecular flexibility index (Phi) is 3.43. The van der Waals surface area contributed by atoms with Crippen molar-refractivity contribution in [1.29, 1.82) is 0 Å². The highest BCUT2D eigenvalue weighted by Crippen LogP contribution is 2.34. The quantitative estimate of drug-likeness (QED) is 0.624. The molecule has 98 valence electrons. The van der Waals surface area contributed by atoms with Gasteiger partial charge in [0.2, 0.25) is 10.0 Å². The van der Waals surface area contributed by atoms with Gasteiger partial charge in [-0.05, 0) is 25.0 Å². The lowest BCUT2D eigenvalue weighted by molar-refractivity contribution is -0.387. The summed E-state index contributed by atoms with van der Waals surface area (Å²) in [5.74, 6) is 0. The van der Waals surface area contributed by atoms with E-state index in [-0.39, 0.29) is 10.9 Å². The van der Waals surface area contributed by atoms with Crippen molar-refractivity contribution >= 4 is 31.6 Å². The van der Waals surface area contributed by atoms with Gasteiger partial charge in [0.05, 0.1) is 4.92 Å². The maximum atomic E-state index is 12.3. The molecule has 0 radical (unpaired) electrons. The van der Waals surface area contributed by atoms with Crippen molar-refractivity contribution in [1.82, 2.24) is 4.31 Å². The van der Waals surface area contributed by atoms with E-state index >= 15 is 0 Å². The number of nitro benzene ring substituents is 1. The van der Waals surface area contributed by atoms with E-state index in [4.69, 9.17) is 0 Å². The predicted molar refractivity (Wildman–Crippen MR) is 68.8 cm³/mol. The van der Waals surface area contributed by atoms with E-state index in [0.29, 0.717) is 4.47 Å². The van der Waals surface area contributed by atoms with E-state index < -0.39 is 20.6 Å². The molecule has 8 heteroatoms. The summed E-state index contributed by atoms with van der Waals surface area (Å²) in [4.78, 5) is 9.95. The number of benzene rings is 1. The third-order valence-electron chi connectivity index (χ3n) is 2.84. The van der Waals surface area contributed by atoms with E-state index in [1.165, 1.54) is 29.6 Å². The Hall–Kier alpha value is -0.990. The minimum absolute atomic E-state index is 0.0337. The van der Waals surface area contributed by atoms with Crippen molar-refractivity contribution < 1.29 is 13.3 Å². The molecule has 0 aliphatic heterocycles. The molecule has 0 atom stereocenters. The van der Waals surface area contributed by atoms with E-state index in [0.717, 1.165) is 12.8 Å². The fraction of sp³-hybridized carbons (Fsp3) is 0.400. The Morgan fingerprint density at radius 2 is 2.06 bits per heavy atom. The first-order valence-electron chi connectivity index (χ1n) is 5.26. The van der Waals surface area contributed by atoms with Crippen LogP contribution in [0.2, 0.25) is 0 Å². The Labute approximate surface area is 113 Å². The summed E-state index contributed by atoms with van der Waals surface area (Å²) in [6.07, 6.45) is 1.61. The average Bonchev–Trinajstić information content (AvgIpc) is 3.11. The topological polar surface area (TPSA) is 80.5 Å². The molecule has 6 nitrogen and oxygen atoms in total. The highest BCUT2D eigenvalue weighted by molar-refractivity contribution is 9.10. The molecule has 18 heavy (non-hydrogen) atoms. The molecule has 0 heterocycles. The molecule has 0 saturated heterocycles. The van der Waals surface area contributed by atoms with E-state index in [2.05, 4.69) is 15.9 Å². The van der Waals surface area contributed by atoms with Crippen LogP contribution >= 0.6 is 15.9 Å². The number of rotatable bonds is 4. The number of hydrogen-bond donors (Lipinski definition) is 0. The first-order valence-corrected chi connectivity index (χ1v) is 7.49. The second-order valence-corrected chi connectivity index (χ2v) is 7.00. The summed E-state index contributed by atoms with van der Waals surface area (Å²) in [6, 6.07) is 3.88. The largest absolute Gasteiger partial charge is 0.289 e. The summed E-state index contributed by atoms with van der Waals surface area (Å²) in [5, 5.41) is 10.9. The zero-order valence-corrected chi connectivity index (χ0v) is 11.9. The Morgan fingerprint density at radius 1 is 1.44 bits per heavy atom. The normalized spacial score (nSPS) is 15.9. The summed E-state index contributed by atoms with van der Waals surface area (Å²) < 4.78 is 26.3. The van der Waals surface area contributed by atoms with Gasteiger partial charge in [-0.25, -0.2) is 8.42 Å². The van der Waals surface area contributed by atoms with Crippen molar-refractivity contribution in [2.75, 3.05) is 7.05 Å². The third-order valence-corrected chi connectivity index (χ3v) is 5.27. The molecule has 0 unspecified atom stereocenters. The van der Waals surface area contributed by atoms with Gasteiger partial charge in [0.1, 0.15) is 0 Å². The van der Waals surface area contributed by atoms with Crippen molar-refractivity contribution in [3.63, 3.8) is 0 Å². The van der Waals surface area contributed by atoms with Gasteiger partial charge in [-0.2, -0.15) is 4.31 Å². The molecule has 1 aliphatic carbocycles. The van der Waals surface area contributed by atoms with Crippen LogP contribution < -0.4 is 0 Å². The van der Waals surface area contributed by atoms with Crippen molar-refractivity contribution in [2.24, 2.45) is 0 Å². The van der Waals surface area contributed by atoms with Gasteiger partial charge in [-0.15, -0.1) is 0 Å². The maximum Gasteiger partial charge on any atom is 0.289 e. The van der Waals surface area contributed by atoms with Gasteiger partial charge in [-0.1, -0.05) is 15.9 Å². The van der Waals surface area contributed by atoms with Crippen LogP contribution in [0.1, 0.15) is 12.8 Å². The predicted octanol–water partition coefficient (Wildman–Crippen LogP) is 2.14. The zero-order chi connectivity index (χ0) is 13.5.